The quantitative estimate of drug-likeness (QED) is 0.0495. The second-order valence-electron chi connectivity index (χ2n) is 11.4. The number of carbonyl (C=O) groups excluding carboxylic acids is 3. The van der Waals surface area contributed by atoms with E-state index in [2.05, 4.69) is 20.9 Å². The first kappa shape index (κ1) is 35.5. The Morgan fingerprint density at radius 2 is 1.44 bits per heavy atom. The number of benzene rings is 5. The summed E-state index contributed by atoms with van der Waals surface area (Å²) in [5.74, 6) is -1.18. The van der Waals surface area contributed by atoms with Crippen molar-refractivity contribution in [1.29, 1.82) is 0 Å². The molecule has 258 valence electrons. The molecule has 0 aliphatic rings. The molecule has 1 atom stereocenters. The molecular weight excluding hydrogens is 695 g/mol. The van der Waals surface area contributed by atoms with Crippen molar-refractivity contribution in [1.82, 2.24) is 10.3 Å². The average molecular weight is 726 g/mol. The summed E-state index contributed by atoms with van der Waals surface area (Å²) in [6.45, 7) is 1.77. The fraction of sp³-hybridized carbons (Fsp3) is 0.0500. The molecule has 1 unspecified atom stereocenters. The van der Waals surface area contributed by atoms with Crippen LogP contribution in [-0.4, -0.2) is 32.9 Å². The molecule has 0 saturated carbocycles. The summed E-state index contributed by atoms with van der Waals surface area (Å²) in [4.78, 5) is 55.5. The smallest absolute Gasteiger partial charge is 0.272 e. The number of hydrogen-bond acceptors (Lipinski definition) is 8. The van der Waals surface area contributed by atoms with Crippen molar-refractivity contribution in [3.05, 3.63) is 166 Å². The van der Waals surface area contributed by atoms with Gasteiger partial charge in [-0.05, 0) is 66.1 Å². The molecule has 3 amide bonds. The summed E-state index contributed by atoms with van der Waals surface area (Å²) in [6.07, 6.45) is 1.63. The van der Waals surface area contributed by atoms with E-state index in [1.807, 2.05) is 60.7 Å². The van der Waals surface area contributed by atoms with E-state index < -0.39 is 22.0 Å². The van der Waals surface area contributed by atoms with Gasteiger partial charge in [-0.2, -0.15) is 0 Å². The van der Waals surface area contributed by atoms with Gasteiger partial charge in [-0.15, -0.1) is 23.1 Å². The molecule has 0 saturated heterocycles. The first-order chi connectivity index (χ1) is 25.2. The largest absolute Gasteiger partial charge is 0.321 e. The monoisotopic (exact) mass is 725 g/mol. The van der Waals surface area contributed by atoms with Gasteiger partial charge < -0.3 is 16.0 Å². The van der Waals surface area contributed by atoms with Crippen LogP contribution in [0.15, 0.2) is 149 Å². The maximum Gasteiger partial charge on any atom is 0.272 e. The van der Waals surface area contributed by atoms with E-state index in [0.717, 1.165) is 21.6 Å². The molecule has 0 aliphatic heterocycles. The zero-order chi connectivity index (χ0) is 36.5. The average Bonchev–Trinajstić information content (AvgIpc) is 3.64. The number of non-ortho nitro benzene ring substituents is 1. The molecule has 10 nitrogen and oxygen atoms in total. The number of nitro groups is 1. The van der Waals surface area contributed by atoms with Crippen molar-refractivity contribution in [2.75, 3.05) is 10.6 Å². The Labute approximate surface area is 307 Å². The van der Waals surface area contributed by atoms with Gasteiger partial charge in [0.2, 0.25) is 5.91 Å². The predicted octanol–water partition coefficient (Wildman–Crippen LogP) is 8.91. The zero-order valence-electron chi connectivity index (χ0n) is 27.7. The number of nitrogens with one attached hydrogen (secondary N) is 3. The molecule has 0 fully saturated rings. The van der Waals surface area contributed by atoms with Gasteiger partial charge >= 0.3 is 0 Å². The zero-order valence-corrected chi connectivity index (χ0v) is 29.3. The molecule has 0 spiro atoms. The van der Waals surface area contributed by atoms with E-state index in [9.17, 15) is 24.5 Å². The first-order valence-electron chi connectivity index (χ1n) is 16.0. The fourth-order valence-corrected chi connectivity index (χ4v) is 6.62. The summed E-state index contributed by atoms with van der Waals surface area (Å²) >= 11 is 2.56. The lowest BCUT2D eigenvalue weighted by atomic mass is 10.0. The van der Waals surface area contributed by atoms with E-state index >= 15 is 0 Å². The summed E-state index contributed by atoms with van der Waals surface area (Å²) in [6, 6.07) is 39.5. The molecule has 6 rings (SSSR count). The van der Waals surface area contributed by atoms with Crippen molar-refractivity contribution in [3.8, 4) is 22.4 Å². The second kappa shape index (κ2) is 16.6. The van der Waals surface area contributed by atoms with Crippen LogP contribution >= 0.6 is 23.1 Å². The number of hydrogen-bond donors (Lipinski definition) is 3. The van der Waals surface area contributed by atoms with Gasteiger partial charge in [0.1, 0.15) is 5.70 Å². The summed E-state index contributed by atoms with van der Waals surface area (Å²) in [7, 11) is 0. The molecule has 3 N–H and O–H groups in total. The van der Waals surface area contributed by atoms with Gasteiger partial charge in [-0.3, -0.25) is 24.5 Å². The van der Waals surface area contributed by atoms with Crippen LogP contribution in [0.1, 0.15) is 22.8 Å². The van der Waals surface area contributed by atoms with Crippen LogP contribution in [-0.2, 0) is 9.59 Å². The predicted molar refractivity (Wildman–Crippen MR) is 207 cm³/mol. The van der Waals surface area contributed by atoms with Crippen molar-refractivity contribution in [2.24, 2.45) is 0 Å². The standard InChI is InChI=1S/C40H31N5O5S2/c1-26(37(46)44-40-43-36(25-51-40)31-13-8-14-33(24-31)45(49)50)52-34-21-19-32(20-22-34)41-39(48)35(42-38(47)30-11-6-3-7-12-30)23-27-15-17-29(18-16-27)28-9-4-2-5-10-28/h2-26H,1H3,(H,41,48)(H,42,47)(H,43,44,46)/b35-23-. The summed E-state index contributed by atoms with van der Waals surface area (Å²) in [5.41, 5.74) is 4.88. The molecular formula is C40H31N5O5S2. The van der Waals surface area contributed by atoms with Gasteiger partial charge in [-0.1, -0.05) is 84.9 Å². The Hall–Kier alpha value is -6.37. The normalized spacial score (nSPS) is 11.7. The third kappa shape index (κ3) is 9.24. The van der Waals surface area contributed by atoms with Gasteiger partial charge in [-0.25, -0.2) is 4.98 Å². The highest BCUT2D eigenvalue weighted by atomic mass is 32.2. The molecule has 1 aromatic heterocycles. The van der Waals surface area contributed by atoms with Crippen LogP contribution in [0.5, 0.6) is 0 Å². The third-order valence-electron chi connectivity index (χ3n) is 7.74. The number of aromatic nitrogens is 1. The highest BCUT2D eigenvalue weighted by Gasteiger charge is 2.19. The molecule has 1 heterocycles. The number of thiazole rings is 1. The van der Waals surface area contributed by atoms with Crippen LogP contribution in [0, 0.1) is 10.1 Å². The van der Waals surface area contributed by atoms with Gasteiger partial charge in [0.15, 0.2) is 5.13 Å². The van der Waals surface area contributed by atoms with Gasteiger partial charge in [0.25, 0.3) is 17.5 Å². The number of rotatable bonds is 12. The van der Waals surface area contributed by atoms with Crippen molar-refractivity contribution in [3.63, 3.8) is 0 Å². The molecule has 0 bridgehead atoms. The minimum absolute atomic E-state index is 0.0385. The summed E-state index contributed by atoms with van der Waals surface area (Å²) < 4.78 is 0. The highest BCUT2D eigenvalue weighted by Crippen LogP contribution is 2.30. The number of nitro benzene ring substituents is 1. The topological polar surface area (TPSA) is 143 Å². The summed E-state index contributed by atoms with van der Waals surface area (Å²) in [5, 5.41) is 21.2. The van der Waals surface area contributed by atoms with Crippen molar-refractivity contribution in [2.45, 2.75) is 17.1 Å². The van der Waals surface area contributed by atoms with Crippen molar-refractivity contribution >= 4 is 63.4 Å². The first-order valence-corrected chi connectivity index (χ1v) is 17.8. The van der Waals surface area contributed by atoms with E-state index in [0.29, 0.717) is 27.6 Å². The van der Waals surface area contributed by atoms with E-state index in [1.165, 1.54) is 35.2 Å². The Morgan fingerprint density at radius 3 is 2.13 bits per heavy atom. The Kier molecular flexibility index (Phi) is 11.3. The Morgan fingerprint density at radius 1 is 0.788 bits per heavy atom. The molecule has 52 heavy (non-hydrogen) atoms. The van der Waals surface area contributed by atoms with Crippen LogP contribution in [0.4, 0.5) is 16.5 Å². The van der Waals surface area contributed by atoms with E-state index in [-0.39, 0.29) is 17.3 Å². The molecule has 0 radical (unpaired) electrons. The number of thioether (sulfide) groups is 1. The lowest BCUT2D eigenvalue weighted by molar-refractivity contribution is -0.384. The minimum Gasteiger partial charge on any atom is -0.321 e. The Balaban J connectivity index is 1.10. The van der Waals surface area contributed by atoms with Gasteiger partial charge in [0, 0.05) is 39.2 Å². The SMILES string of the molecule is CC(Sc1ccc(NC(=O)/C(=C/c2ccc(-c3ccccc3)cc2)NC(=O)c2ccccc2)cc1)C(=O)Nc1nc(-c2cccc([N+](=O)[O-])c2)cs1. The number of amides is 3. The second-order valence-corrected chi connectivity index (χ2v) is 13.7. The third-order valence-corrected chi connectivity index (χ3v) is 9.61. The minimum atomic E-state index is -0.502. The molecule has 0 aliphatic carbocycles. The van der Waals surface area contributed by atoms with Gasteiger partial charge in [0.05, 0.1) is 15.9 Å². The maximum atomic E-state index is 13.5. The number of nitrogens with zero attached hydrogens (tertiary/aromatic N) is 2. The van der Waals surface area contributed by atoms with E-state index in [4.69, 9.17) is 0 Å². The molecule has 5 aromatic carbocycles. The molecule has 6 aromatic rings. The highest BCUT2D eigenvalue weighted by molar-refractivity contribution is 8.00. The van der Waals surface area contributed by atoms with Crippen LogP contribution < -0.4 is 16.0 Å². The van der Waals surface area contributed by atoms with Crippen LogP contribution in [0.3, 0.4) is 0 Å². The lowest BCUT2D eigenvalue weighted by Gasteiger charge is -2.13. The number of anilines is 2. The fourth-order valence-electron chi connectivity index (χ4n) is 5.03. The Bertz CT molecular complexity index is 2240. The van der Waals surface area contributed by atoms with E-state index in [1.54, 1.807) is 79.0 Å². The van der Waals surface area contributed by atoms with Crippen LogP contribution in [0.25, 0.3) is 28.5 Å². The van der Waals surface area contributed by atoms with Crippen LogP contribution in [0.2, 0.25) is 0 Å². The lowest BCUT2D eigenvalue weighted by Crippen LogP contribution is -2.30. The maximum absolute atomic E-state index is 13.5. The molecule has 12 heteroatoms. The number of carbonyl (C=O) groups is 3. The van der Waals surface area contributed by atoms with Crippen molar-refractivity contribution < 1.29 is 19.3 Å².